The van der Waals surface area contributed by atoms with Crippen molar-refractivity contribution in [1.29, 1.82) is 0 Å². The molecule has 0 fully saturated rings. The van der Waals surface area contributed by atoms with Crippen LogP contribution in [-0.4, -0.2) is 24.4 Å². The Labute approximate surface area is 283 Å². The van der Waals surface area contributed by atoms with Gasteiger partial charge in [-0.25, -0.2) is 0 Å². The Morgan fingerprint density at radius 2 is 0.667 bits per heavy atom. The van der Waals surface area contributed by atoms with E-state index in [2.05, 4.69) is 38.3 Å². The van der Waals surface area contributed by atoms with Crippen LogP contribution in [0, 0.1) is 5.92 Å². The maximum Gasteiger partial charge on any atom is 0.220 e. The highest BCUT2D eigenvalue weighted by Gasteiger charge is 2.17. The third-order valence-corrected chi connectivity index (χ3v) is 9.69. The maximum atomic E-state index is 12.5. The summed E-state index contributed by atoms with van der Waals surface area (Å²) in [6, 6.07) is 0.0128. The molecule has 0 unspecified atom stereocenters. The summed E-state index contributed by atoms with van der Waals surface area (Å²) in [7, 11) is 0. The molecule has 1 atom stereocenters. The molecule has 0 bridgehead atoms. The fourth-order valence-electron chi connectivity index (χ4n) is 6.36. The minimum absolute atomic E-state index is 0.0128. The van der Waals surface area contributed by atoms with Crippen molar-refractivity contribution < 1.29 is 9.59 Å². The summed E-state index contributed by atoms with van der Waals surface area (Å²) in [5, 5.41) is 6.28. The molecular weight excluding hydrogens is 552 g/mol. The first-order valence-electron chi connectivity index (χ1n) is 20.6. The number of hydrogen-bond acceptors (Lipinski definition) is 2. The molecule has 0 radical (unpaired) electrons. The number of hydrogen-bond donors (Lipinski definition) is 2. The quantitative estimate of drug-likeness (QED) is 0.0674. The molecule has 0 aliphatic carbocycles. The van der Waals surface area contributed by atoms with Crippen LogP contribution in [0.3, 0.4) is 0 Å². The summed E-state index contributed by atoms with van der Waals surface area (Å²) in [5.74, 6) is 0.577. The molecule has 0 aliphatic heterocycles. The van der Waals surface area contributed by atoms with E-state index in [1.807, 2.05) is 0 Å². The predicted molar refractivity (Wildman–Crippen MR) is 199 cm³/mol. The van der Waals surface area contributed by atoms with Gasteiger partial charge in [-0.05, 0) is 18.8 Å². The third-order valence-electron chi connectivity index (χ3n) is 9.69. The second-order valence-corrected chi connectivity index (χ2v) is 14.6. The van der Waals surface area contributed by atoms with Gasteiger partial charge >= 0.3 is 0 Å². The average Bonchev–Trinajstić information content (AvgIpc) is 3.02. The van der Waals surface area contributed by atoms with Crippen molar-refractivity contribution in [2.45, 2.75) is 239 Å². The fourth-order valence-corrected chi connectivity index (χ4v) is 6.36. The molecular formula is C41H82N2O2. The predicted octanol–water partition coefficient (Wildman–Crippen LogP) is 12.8. The maximum absolute atomic E-state index is 12.5. The third kappa shape index (κ3) is 34.1. The highest BCUT2D eigenvalue weighted by atomic mass is 16.2. The zero-order valence-corrected chi connectivity index (χ0v) is 31.3. The summed E-state index contributed by atoms with van der Waals surface area (Å²) in [6.45, 7) is 9.36. The lowest BCUT2D eigenvalue weighted by Crippen LogP contribution is -2.46. The molecule has 0 aromatic carbocycles. The van der Waals surface area contributed by atoms with E-state index in [-0.39, 0.29) is 17.9 Å². The Morgan fingerprint density at radius 1 is 0.400 bits per heavy atom. The fraction of sp³-hybridized carbons (Fsp3) is 0.951. The van der Waals surface area contributed by atoms with Gasteiger partial charge in [0.2, 0.25) is 11.8 Å². The molecule has 4 heteroatoms. The highest BCUT2D eigenvalue weighted by molar-refractivity contribution is 5.77. The van der Waals surface area contributed by atoms with Crippen LogP contribution in [0.25, 0.3) is 0 Å². The van der Waals surface area contributed by atoms with Crippen LogP contribution in [0.5, 0.6) is 0 Å². The van der Waals surface area contributed by atoms with E-state index in [9.17, 15) is 9.59 Å². The lowest BCUT2D eigenvalue weighted by molar-refractivity contribution is -0.124. The van der Waals surface area contributed by atoms with Crippen molar-refractivity contribution in [3.63, 3.8) is 0 Å². The summed E-state index contributed by atoms with van der Waals surface area (Å²) in [5.41, 5.74) is 0. The van der Waals surface area contributed by atoms with Gasteiger partial charge < -0.3 is 10.6 Å². The van der Waals surface area contributed by atoms with E-state index in [0.29, 0.717) is 25.3 Å². The largest absolute Gasteiger partial charge is 0.354 e. The molecule has 0 saturated heterocycles. The average molecular weight is 635 g/mol. The molecule has 268 valence electrons. The monoisotopic (exact) mass is 635 g/mol. The van der Waals surface area contributed by atoms with Crippen LogP contribution in [-0.2, 0) is 9.59 Å². The molecule has 45 heavy (non-hydrogen) atoms. The van der Waals surface area contributed by atoms with E-state index in [4.69, 9.17) is 0 Å². The van der Waals surface area contributed by atoms with Crippen LogP contribution in [0.15, 0.2) is 0 Å². The van der Waals surface area contributed by atoms with Gasteiger partial charge in [-0.15, -0.1) is 0 Å². The van der Waals surface area contributed by atoms with E-state index < -0.39 is 0 Å². The van der Waals surface area contributed by atoms with E-state index in [1.165, 1.54) is 167 Å². The molecule has 0 spiro atoms. The van der Waals surface area contributed by atoms with Crippen molar-refractivity contribution in [2.24, 2.45) is 5.92 Å². The molecule has 2 N–H and O–H groups in total. The number of rotatable bonds is 36. The first-order valence-corrected chi connectivity index (χ1v) is 20.6. The van der Waals surface area contributed by atoms with Gasteiger partial charge in [0.1, 0.15) is 0 Å². The Bertz CT molecular complexity index is 621. The van der Waals surface area contributed by atoms with Crippen molar-refractivity contribution in [1.82, 2.24) is 10.6 Å². The topological polar surface area (TPSA) is 58.2 Å². The molecule has 0 heterocycles. The first-order chi connectivity index (χ1) is 22.0. The normalized spacial score (nSPS) is 12.1. The first kappa shape index (κ1) is 43.9. The van der Waals surface area contributed by atoms with Crippen molar-refractivity contribution in [2.75, 3.05) is 6.54 Å². The van der Waals surface area contributed by atoms with Crippen molar-refractivity contribution in [3.05, 3.63) is 0 Å². The van der Waals surface area contributed by atoms with Crippen molar-refractivity contribution >= 4 is 11.8 Å². The minimum atomic E-state index is 0.0128. The van der Waals surface area contributed by atoms with Crippen molar-refractivity contribution in [3.8, 4) is 0 Å². The van der Waals surface area contributed by atoms with E-state index in [0.717, 1.165) is 25.7 Å². The highest BCUT2D eigenvalue weighted by Crippen LogP contribution is 2.15. The Morgan fingerprint density at radius 3 is 0.956 bits per heavy atom. The molecule has 0 aliphatic rings. The molecule has 2 amide bonds. The zero-order valence-electron chi connectivity index (χ0n) is 31.3. The van der Waals surface area contributed by atoms with Gasteiger partial charge in [-0.3, -0.25) is 9.59 Å². The van der Waals surface area contributed by atoms with Gasteiger partial charge in [0.05, 0.1) is 0 Å². The Kier molecular flexibility index (Phi) is 34.9. The summed E-state index contributed by atoms with van der Waals surface area (Å²) in [6.07, 6.45) is 41.3. The van der Waals surface area contributed by atoms with Gasteiger partial charge in [0.25, 0.3) is 0 Å². The molecule has 0 aromatic rings. The van der Waals surface area contributed by atoms with Crippen LogP contribution < -0.4 is 10.6 Å². The van der Waals surface area contributed by atoms with Gasteiger partial charge in [0.15, 0.2) is 0 Å². The van der Waals surface area contributed by atoms with Gasteiger partial charge in [-0.2, -0.15) is 0 Å². The summed E-state index contributed by atoms with van der Waals surface area (Å²) >= 11 is 0. The number of carbonyl (C=O) groups is 2. The number of carbonyl (C=O) groups excluding carboxylic acids is 2. The second kappa shape index (κ2) is 35.8. The van der Waals surface area contributed by atoms with E-state index >= 15 is 0 Å². The van der Waals surface area contributed by atoms with Crippen LogP contribution in [0.1, 0.15) is 233 Å². The molecule has 0 saturated carbocycles. The molecule has 0 aromatic heterocycles. The number of amides is 2. The van der Waals surface area contributed by atoms with E-state index in [1.54, 1.807) is 0 Å². The van der Waals surface area contributed by atoms with Crippen LogP contribution >= 0.6 is 0 Å². The standard InChI is InChI=1S/C41H82N2O2/c1-5-7-9-11-13-15-17-19-21-23-25-27-29-31-33-35-40(44)42-37-39(38(3)4)43-41(45)36-34-32-30-28-26-24-22-20-18-16-14-12-10-8-6-2/h38-39H,5-37H2,1-4H3,(H,42,44)(H,43,45)/t39-/m0/s1. The van der Waals surface area contributed by atoms with Crippen LogP contribution in [0.2, 0.25) is 0 Å². The minimum Gasteiger partial charge on any atom is -0.354 e. The van der Waals surface area contributed by atoms with Gasteiger partial charge in [0, 0.05) is 25.4 Å². The second-order valence-electron chi connectivity index (χ2n) is 14.6. The Balaban J connectivity index is 3.61. The number of nitrogens with one attached hydrogen (secondary N) is 2. The lowest BCUT2D eigenvalue weighted by Gasteiger charge is -2.23. The number of unbranched alkanes of at least 4 members (excludes halogenated alkanes) is 28. The smallest absolute Gasteiger partial charge is 0.220 e. The van der Waals surface area contributed by atoms with Crippen LogP contribution in [0.4, 0.5) is 0 Å². The zero-order chi connectivity index (χ0) is 33.1. The van der Waals surface area contributed by atoms with Gasteiger partial charge in [-0.1, -0.05) is 207 Å². The molecule has 4 nitrogen and oxygen atoms in total. The molecule has 0 rings (SSSR count). The summed E-state index contributed by atoms with van der Waals surface area (Å²) in [4.78, 5) is 24.9. The lowest BCUT2D eigenvalue weighted by atomic mass is 10.0. The Hall–Kier alpha value is -1.06. The SMILES string of the molecule is CCCCCCCCCCCCCCCCCC(=O)NC[C@H](NC(=O)CCCCCCCCCCCCCCCCC)C(C)C. The summed E-state index contributed by atoms with van der Waals surface area (Å²) < 4.78 is 0.